The van der Waals surface area contributed by atoms with Crippen LogP contribution in [0.2, 0.25) is 5.02 Å². The summed E-state index contributed by atoms with van der Waals surface area (Å²) in [6.45, 7) is 0. The van der Waals surface area contributed by atoms with Gasteiger partial charge in [-0.05, 0) is 41.6 Å². The molecular formula is C15H9ClF3N5O2. The summed E-state index contributed by atoms with van der Waals surface area (Å²) < 4.78 is 40.2. The Kier molecular flexibility index (Phi) is 4.76. The maximum atomic E-state index is 12.1. The first-order valence-corrected chi connectivity index (χ1v) is 7.42. The van der Waals surface area contributed by atoms with Crippen LogP contribution in [0, 0.1) is 0 Å². The van der Waals surface area contributed by atoms with E-state index in [1.54, 1.807) is 24.3 Å². The molecule has 26 heavy (non-hydrogen) atoms. The second kappa shape index (κ2) is 7.00. The van der Waals surface area contributed by atoms with Crippen LogP contribution in [-0.4, -0.2) is 32.5 Å². The Morgan fingerprint density at radius 3 is 2.46 bits per heavy atom. The number of nitrogens with one attached hydrogen (secondary N) is 1. The highest BCUT2D eigenvalue weighted by Crippen LogP contribution is 2.23. The van der Waals surface area contributed by atoms with Crippen molar-refractivity contribution in [2.24, 2.45) is 0 Å². The molecule has 0 aliphatic heterocycles. The van der Waals surface area contributed by atoms with Crippen molar-refractivity contribution in [1.82, 2.24) is 20.2 Å². The van der Waals surface area contributed by atoms with Crippen molar-refractivity contribution in [3.05, 3.63) is 59.4 Å². The van der Waals surface area contributed by atoms with E-state index in [1.165, 1.54) is 12.1 Å². The molecule has 3 aromatic rings. The molecule has 0 bridgehead atoms. The maximum Gasteiger partial charge on any atom is 0.573 e. The Balaban J connectivity index is 1.73. The molecule has 1 amide bonds. The van der Waals surface area contributed by atoms with Gasteiger partial charge in [0.25, 0.3) is 11.7 Å². The van der Waals surface area contributed by atoms with E-state index < -0.39 is 18.0 Å². The first kappa shape index (κ1) is 17.7. The predicted octanol–water partition coefficient (Wildman–Crippen LogP) is 3.47. The first-order valence-electron chi connectivity index (χ1n) is 7.04. The third-order valence-corrected chi connectivity index (χ3v) is 3.37. The summed E-state index contributed by atoms with van der Waals surface area (Å²) in [4.78, 5) is 13.1. The van der Waals surface area contributed by atoms with Gasteiger partial charge in [-0.25, -0.2) is 0 Å². The van der Waals surface area contributed by atoms with Crippen LogP contribution in [0.25, 0.3) is 5.69 Å². The zero-order chi connectivity index (χ0) is 18.7. The van der Waals surface area contributed by atoms with Crippen LogP contribution in [0.3, 0.4) is 0 Å². The number of amides is 1. The molecule has 1 heterocycles. The topological polar surface area (TPSA) is 81.9 Å². The molecular weight excluding hydrogens is 375 g/mol. The number of benzene rings is 2. The van der Waals surface area contributed by atoms with Crippen molar-refractivity contribution in [2.45, 2.75) is 6.36 Å². The van der Waals surface area contributed by atoms with E-state index in [9.17, 15) is 18.0 Å². The molecule has 0 fully saturated rings. The zero-order valence-electron chi connectivity index (χ0n) is 12.7. The van der Waals surface area contributed by atoms with Crippen LogP contribution in [0.15, 0.2) is 48.5 Å². The van der Waals surface area contributed by atoms with Gasteiger partial charge in [0.05, 0.1) is 16.4 Å². The lowest BCUT2D eigenvalue weighted by atomic mass is 10.3. The lowest BCUT2D eigenvalue weighted by Gasteiger charge is -2.08. The number of carbonyl (C=O) groups excluding carboxylic acids is 1. The molecule has 0 atom stereocenters. The fourth-order valence-electron chi connectivity index (χ4n) is 1.94. The second-order valence-electron chi connectivity index (χ2n) is 4.88. The first-order chi connectivity index (χ1) is 12.3. The minimum Gasteiger partial charge on any atom is -0.406 e. The summed E-state index contributed by atoms with van der Waals surface area (Å²) in [5.41, 5.74) is 0.674. The normalized spacial score (nSPS) is 11.2. The summed E-state index contributed by atoms with van der Waals surface area (Å²) in [5.74, 6) is -1.26. The maximum absolute atomic E-state index is 12.1. The average molecular weight is 384 g/mol. The standard InChI is InChI=1S/C15H9ClF3N5O2/c16-11-3-1-2-4-12(11)20-14(25)13-21-23-24(22-13)9-5-7-10(8-6-9)26-15(17,18)19/h1-8H,(H,20,25). The Morgan fingerprint density at radius 2 is 1.81 bits per heavy atom. The number of nitrogens with zero attached hydrogens (tertiary/aromatic N) is 4. The van der Waals surface area contributed by atoms with E-state index in [4.69, 9.17) is 11.6 Å². The SMILES string of the molecule is O=C(Nc1ccccc1Cl)c1nnn(-c2ccc(OC(F)(F)F)cc2)n1. The van der Waals surface area contributed by atoms with Gasteiger partial charge in [-0.2, -0.15) is 0 Å². The lowest BCUT2D eigenvalue weighted by Crippen LogP contribution is -2.17. The molecule has 7 nitrogen and oxygen atoms in total. The van der Waals surface area contributed by atoms with Crippen LogP contribution < -0.4 is 10.1 Å². The number of tetrazole rings is 1. The highest BCUT2D eigenvalue weighted by atomic mass is 35.5. The van der Waals surface area contributed by atoms with Gasteiger partial charge >= 0.3 is 6.36 Å². The van der Waals surface area contributed by atoms with E-state index in [1.807, 2.05) is 0 Å². The van der Waals surface area contributed by atoms with E-state index in [0.717, 1.165) is 16.9 Å². The molecule has 11 heteroatoms. The minimum absolute atomic E-state index is 0.236. The Labute approximate surface area is 149 Å². The number of ether oxygens (including phenoxy) is 1. The summed E-state index contributed by atoms with van der Waals surface area (Å²) >= 11 is 5.95. The zero-order valence-corrected chi connectivity index (χ0v) is 13.5. The van der Waals surface area contributed by atoms with Crippen LogP contribution in [0.1, 0.15) is 10.6 Å². The Hall–Kier alpha value is -3.14. The molecule has 3 rings (SSSR count). The smallest absolute Gasteiger partial charge is 0.406 e. The number of hydrogen-bond donors (Lipinski definition) is 1. The molecule has 0 aliphatic rings. The molecule has 2 aromatic carbocycles. The van der Waals surface area contributed by atoms with Gasteiger partial charge in [0, 0.05) is 0 Å². The van der Waals surface area contributed by atoms with Gasteiger partial charge in [0.1, 0.15) is 5.75 Å². The average Bonchev–Trinajstić information content (AvgIpc) is 3.06. The fourth-order valence-corrected chi connectivity index (χ4v) is 2.12. The van der Waals surface area contributed by atoms with Gasteiger partial charge < -0.3 is 10.1 Å². The van der Waals surface area contributed by atoms with Crippen LogP contribution >= 0.6 is 11.6 Å². The lowest BCUT2D eigenvalue weighted by molar-refractivity contribution is -0.274. The van der Waals surface area contributed by atoms with Crippen LogP contribution in [0.4, 0.5) is 18.9 Å². The fraction of sp³-hybridized carbons (Fsp3) is 0.0667. The predicted molar refractivity (Wildman–Crippen MR) is 85.2 cm³/mol. The third kappa shape index (κ3) is 4.28. The molecule has 0 aliphatic carbocycles. The summed E-state index contributed by atoms with van der Waals surface area (Å²) in [7, 11) is 0. The van der Waals surface area contributed by atoms with Crippen LogP contribution in [-0.2, 0) is 0 Å². The number of rotatable bonds is 4. The van der Waals surface area contributed by atoms with E-state index in [0.29, 0.717) is 16.4 Å². The molecule has 1 aromatic heterocycles. The molecule has 0 spiro atoms. The van der Waals surface area contributed by atoms with Gasteiger partial charge in [-0.3, -0.25) is 4.79 Å². The number of aromatic nitrogens is 4. The summed E-state index contributed by atoms with van der Waals surface area (Å²) in [5, 5.41) is 14.1. The van der Waals surface area contributed by atoms with Gasteiger partial charge in [0.2, 0.25) is 0 Å². The largest absolute Gasteiger partial charge is 0.573 e. The molecule has 0 unspecified atom stereocenters. The molecule has 1 N–H and O–H groups in total. The third-order valence-electron chi connectivity index (χ3n) is 3.04. The number of para-hydroxylation sites is 1. The van der Waals surface area contributed by atoms with Crippen molar-refractivity contribution in [2.75, 3.05) is 5.32 Å². The Bertz CT molecular complexity index is 928. The van der Waals surface area contributed by atoms with Gasteiger partial charge in [0.15, 0.2) is 0 Å². The number of carbonyl (C=O) groups is 1. The quantitative estimate of drug-likeness (QED) is 0.746. The van der Waals surface area contributed by atoms with E-state index in [2.05, 4.69) is 25.5 Å². The number of anilines is 1. The van der Waals surface area contributed by atoms with E-state index >= 15 is 0 Å². The monoisotopic (exact) mass is 383 g/mol. The Morgan fingerprint density at radius 1 is 1.12 bits per heavy atom. The summed E-state index contributed by atoms with van der Waals surface area (Å²) in [6.07, 6.45) is -4.78. The molecule has 0 saturated carbocycles. The summed E-state index contributed by atoms with van der Waals surface area (Å²) in [6, 6.07) is 11.4. The van der Waals surface area contributed by atoms with Gasteiger partial charge in [-0.15, -0.1) is 28.2 Å². The van der Waals surface area contributed by atoms with Crippen molar-refractivity contribution in [3.63, 3.8) is 0 Å². The van der Waals surface area contributed by atoms with Crippen molar-refractivity contribution >= 4 is 23.2 Å². The van der Waals surface area contributed by atoms with Crippen LogP contribution in [0.5, 0.6) is 5.75 Å². The number of halogens is 4. The highest BCUT2D eigenvalue weighted by Gasteiger charge is 2.31. The van der Waals surface area contributed by atoms with Crippen molar-refractivity contribution in [3.8, 4) is 11.4 Å². The molecule has 134 valence electrons. The van der Waals surface area contributed by atoms with E-state index in [-0.39, 0.29) is 5.82 Å². The van der Waals surface area contributed by atoms with Crippen molar-refractivity contribution < 1.29 is 22.7 Å². The molecule has 0 saturated heterocycles. The number of alkyl halides is 3. The van der Waals surface area contributed by atoms with Crippen molar-refractivity contribution in [1.29, 1.82) is 0 Å². The highest BCUT2D eigenvalue weighted by molar-refractivity contribution is 6.33. The second-order valence-corrected chi connectivity index (χ2v) is 5.29. The molecule has 0 radical (unpaired) electrons. The van der Waals surface area contributed by atoms with Gasteiger partial charge in [-0.1, -0.05) is 23.7 Å². The number of hydrogen-bond acceptors (Lipinski definition) is 5. The minimum atomic E-state index is -4.78.